The van der Waals surface area contributed by atoms with Crippen LogP contribution in [0.15, 0.2) is 57.9 Å². The zero-order valence-electron chi connectivity index (χ0n) is 12.3. The van der Waals surface area contributed by atoms with E-state index < -0.39 is 0 Å². The van der Waals surface area contributed by atoms with Crippen molar-refractivity contribution in [3.05, 3.63) is 58.6 Å². The van der Waals surface area contributed by atoms with Gasteiger partial charge in [-0.25, -0.2) is 0 Å². The Bertz CT molecular complexity index is 685. The number of Topliss-reactive ketones (excluding diaryl/α,β-unsaturated/α-hetero) is 1. The second-order valence-electron chi connectivity index (χ2n) is 4.81. The van der Waals surface area contributed by atoms with Crippen molar-refractivity contribution in [3.8, 4) is 0 Å². The number of benzene rings is 2. The third-order valence-electron chi connectivity index (χ3n) is 3.00. The van der Waals surface area contributed by atoms with E-state index in [1.165, 1.54) is 18.7 Å². The van der Waals surface area contributed by atoms with E-state index in [9.17, 15) is 9.59 Å². The first kappa shape index (κ1) is 16.8. The quantitative estimate of drug-likeness (QED) is 0.602. The van der Waals surface area contributed by atoms with Crippen LogP contribution in [-0.4, -0.2) is 16.9 Å². The minimum Gasteiger partial charge on any atom is -0.326 e. The van der Waals surface area contributed by atoms with Gasteiger partial charge in [-0.1, -0.05) is 12.1 Å². The zero-order chi connectivity index (χ0) is 16.1. The fraction of sp³-hybridized carbons (Fsp3) is 0.176. The minimum absolute atomic E-state index is 0.0649. The van der Waals surface area contributed by atoms with Crippen LogP contribution >= 0.6 is 27.7 Å². The highest BCUT2D eigenvalue weighted by Gasteiger charge is 2.17. The number of nitrogens with one attached hydrogen (secondary N) is 1. The number of carbonyl (C=O) groups excluding carboxylic acids is 2. The largest absolute Gasteiger partial charge is 0.326 e. The van der Waals surface area contributed by atoms with E-state index in [0.717, 1.165) is 9.37 Å². The lowest BCUT2D eigenvalue weighted by atomic mass is 10.1. The molecule has 0 spiro atoms. The number of anilines is 1. The Morgan fingerprint density at radius 1 is 1.09 bits per heavy atom. The van der Waals surface area contributed by atoms with Gasteiger partial charge < -0.3 is 5.32 Å². The first-order valence-corrected chi connectivity index (χ1v) is 8.47. The molecule has 2 rings (SSSR count). The topological polar surface area (TPSA) is 46.2 Å². The summed E-state index contributed by atoms with van der Waals surface area (Å²) in [6.45, 7) is 3.35. The highest BCUT2D eigenvalue weighted by Crippen LogP contribution is 2.31. The smallest absolute Gasteiger partial charge is 0.221 e. The average Bonchev–Trinajstić information content (AvgIpc) is 2.49. The standard InChI is InChI=1S/C17H16BrNO2S/c1-11(22-16-6-4-3-5-15(16)18)17(21)13-7-9-14(10-8-13)19-12(2)20/h3-11H,1-2H3,(H,19,20). The monoisotopic (exact) mass is 377 g/mol. The molecule has 0 aliphatic heterocycles. The van der Waals surface area contributed by atoms with Gasteiger partial charge in [0.25, 0.3) is 0 Å². The number of ketones is 1. The number of hydrogen-bond donors (Lipinski definition) is 1. The van der Waals surface area contributed by atoms with E-state index in [1.807, 2.05) is 31.2 Å². The van der Waals surface area contributed by atoms with Crippen LogP contribution in [0.1, 0.15) is 24.2 Å². The van der Waals surface area contributed by atoms with Gasteiger partial charge in [-0.05, 0) is 59.3 Å². The van der Waals surface area contributed by atoms with Crippen molar-refractivity contribution in [1.82, 2.24) is 0 Å². The van der Waals surface area contributed by atoms with Gasteiger partial charge in [0.05, 0.1) is 5.25 Å². The first-order valence-electron chi connectivity index (χ1n) is 6.80. The van der Waals surface area contributed by atoms with E-state index in [4.69, 9.17) is 0 Å². The van der Waals surface area contributed by atoms with Crippen LogP contribution < -0.4 is 5.32 Å². The van der Waals surface area contributed by atoms with Crippen LogP contribution in [0.5, 0.6) is 0 Å². The molecule has 22 heavy (non-hydrogen) atoms. The SMILES string of the molecule is CC(=O)Nc1ccc(C(=O)C(C)Sc2ccccc2Br)cc1. The molecule has 0 aliphatic rings. The Kier molecular flexibility index (Phi) is 5.80. The molecule has 3 nitrogen and oxygen atoms in total. The fourth-order valence-electron chi connectivity index (χ4n) is 1.94. The summed E-state index contributed by atoms with van der Waals surface area (Å²) in [5, 5.41) is 2.50. The van der Waals surface area contributed by atoms with Crippen molar-refractivity contribution in [1.29, 1.82) is 0 Å². The summed E-state index contributed by atoms with van der Waals surface area (Å²) in [5.41, 5.74) is 1.33. The molecule has 1 amide bonds. The maximum absolute atomic E-state index is 12.5. The van der Waals surface area contributed by atoms with Gasteiger partial charge in [0.15, 0.2) is 5.78 Å². The van der Waals surface area contributed by atoms with E-state index in [0.29, 0.717) is 11.3 Å². The summed E-state index contributed by atoms with van der Waals surface area (Å²) < 4.78 is 0.987. The molecule has 0 fully saturated rings. The van der Waals surface area contributed by atoms with E-state index in [1.54, 1.807) is 24.3 Å². The lowest BCUT2D eigenvalue weighted by Crippen LogP contribution is -2.13. The number of rotatable bonds is 5. The molecule has 1 atom stereocenters. The van der Waals surface area contributed by atoms with Gasteiger partial charge in [0.1, 0.15) is 0 Å². The van der Waals surface area contributed by atoms with Crippen LogP contribution in [-0.2, 0) is 4.79 Å². The highest BCUT2D eigenvalue weighted by molar-refractivity contribution is 9.10. The Hall–Kier alpha value is -1.59. The van der Waals surface area contributed by atoms with Crippen LogP contribution in [0, 0.1) is 0 Å². The maximum atomic E-state index is 12.5. The summed E-state index contributed by atoms with van der Waals surface area (Å²) in [6.07, 6.45) is 0. The molecule has 2 aromatic carbocycles. The molecule has 114 valence electrons. The van der Waals surface area contributed by atoms with Crippen molar-refractivity contribution < 1.29 is 9.59 Å². The molecule has 0 bridgehead atoms. The number of thioether (sulfide) groups is 1. The number of hydrogen-bond acceptors (Lipinski definition) is 3. The molecule has 0 radical (unpaired) electrons. The molecule has 0 aromatic heterocycles. The zero-order valence-corrected chi connectivity index (χ0v) is 14.7. The minimum atomic E-state index is -0.190. The molecule has 1 N–H and O–H groups in total. The third-order valence-corrected chi connectivity index (χ3v) is 5.13. The average molecular weight is 378 g/mol. The van der Waals surface area contributed by atoms with Crippen LogP contribution in [0.4, 0.5) is 5.69 Å². The van der Waals surface area contributed by atoms with Crippen molar-refractivity contribution >= 4 is 45.1 Å². The first-order chi connectivity index (χ1) is 10.5. The summed E-state index contributed by atoms with van der Waals surface area (Å²) >= 11 is 5.01. The number of amides is 1. The molecule has 0 aliphatic carbocycles. The molecule has 0 heterocycles. The lowest BCUT2D eigenvalue weighted by molar-refractivity contribution is -0.114. The Balaban J connectivity index is 2.07. The summed E-state index contributed by atoms with van der Waals surface area (Å²) in [5.74, 6) is -0.0629. The normalized spacial score (nSPS) is 11.8. The maximum Gasteiger partial charge on any atom is 0.221 e. The second kappa shape index (κ2) is 7.61. The molecular weight excluding hydrogens is 362 g/mol. The van der Waals surface area contributed by atoms with Crippen molar-refractivity contribution in [3.63, 3.8) is 0 Å². The van der Waals surface area contributed by atoms with Crippen molar-refractivity contribution in [2.24, 2.45) is 0 Å². The molecular formula is C17H16BrNO2S. The predicted octanol–water partition coefficient (Wildman–Crippen LogP) is 4.77. The van der Waals surface area contributed by atoms with Gasteiger partial charge in [-0.15, -0.1) is 11.8 Å². The number of halogens is 1. The third kappa shape index (κ3) is 4.45. The summed E-state index contributed by atoms with van der Waals surface area (Å²) in [4.78, 5) is 24.5. The predicted molar refractivity (Wildman–Crippen MR) is 94.5 cm³/mol. The highest BCUT2D eigenvalue weighted by atomic mass is 79.9. The summed E-state index contributed by atoms with van der Waals surface area (Å²) in [6, 6.07) is 14.8. The molecule has 1 unspecified atom stereocenters. The Morgan fingerprint density at radius 2 is 1.73 bits per heavy atom. The van der Waals surface area contributed by atoms with Gasteiger partial charge in [-0.2, -0.15) is 0 Å². The molecule has 0 saturated carbocycles. The van der Waals surface area contributed by atoms with Gasteiger partial charge in [0, 0.05) is 27.5 Å². The van der Waals surface area contributed by atoms with Crippen molar-refractivity contribution in [2.45, 2.75) is 24.0 Å². The fourth-order valence-corrected chi connectivity index (χ4v) is 3.47. The van der Waals surface area contributed by atoms with Gasteiger partial charge in [0.2, 0.25) is 5.91 Å². The lowest BCUT2D eigenvalue weighted by Gasteiger charge is -2.12. The van der Waals surface area contributed by atoms with Crippen molar-refractivity contribution in [2.75, 3.05) is 5.32 Å². The van der Waals surface area contributed by atoms with Crippen LogP contribution in [0.25, 0.3) is 0 Å². The Labute approximate surface area is 142 Å². The van der Waals surface area contributed by atoms with Crippen LogP contribution in [0.2, 0.25) is 0 Å². The van der Waals surface area contributed by atoms with Gasteiger partial charge >= 0.3 is 0 Å². The Morgan fingerprint density at radius 3 is 2.32 bits per heavy atom. The summed E-state index contributed by atoms with van der Waals surface area (Å²) in [7, 11) is 0. The van der Waals surface area contributed by atoms with Crippen LogP contribution in [0.3, 0.4) is 0 Å². The molecule has 5 heteroatoms. The number of carbonyl (C=O) groups is 2. The van der Waals surface area contributed by atoms with E-state index in [-0.39, 0.29) is 16.9 Å². The molecule has 2 aromatic rings. The molecule has 0 saturated heterocycles. The van der Waals surface area contributed by atoms with Gasteiger partial charge in [-0.3, -0.25) is 9.59 Å². The van der Waals surface area contributed by atoms with E-state index >= 15 is 0 Å². The second-order valence-corrected chi connectivity index (χ2v) is 7.05. The van der Waals surface area contributed by atoms with E-state index in [2.05, 4.69) is 21.2 Å².